The lowest BCUT2D eigenvalue weighted by Gasteiger charge is -2.34. The summed E-state index contributed by atoms with van der Waals surface area (Å²) in [6.45, 7) is 2.35. The molecule has 0 radical (unpaired) electrons. The number of carbonyl (C=O) groups is 18. The Balaban J connectivity index is 1.31. The molecule has 7 rings (SSSR count). The molecule has 2 fully saturated rings. The number of aliphatic hydroxyl groups is 1. The van der Waals surface area contributed by atoms with Crippen LogP contribution in [0.1, 0.15) is 108 Å². The van der Waals surface area contributed by atoms with Crippen molar-refractivity contribution < 1.29 is 96.1 Å². The van der Waals surface area contributed by atoms with Gasteiger partial charge in [0.05, 0.1) is 19.1 Å². The second-order valence-corrected chi connectivity index (χ2v) is 30.7. The molecule has 2 aliphatic rings. The van der Waals surface area contributed by atoms with Crippen LogP contribution in [0.4, 0.5) is 0 Å². The summed E-state index contributed by atoms with van der Waals surface area (Å²) >= 11 is 0.913. The quantitative estimate of drug-likeness (QED) is 0.0163. The Morgan fingerprint density at radius 3 is 1.83 bits per heavy atom. The summed E-state index contributed by atoms with van der Waals surface area (Å²) in [4.78, 5) is 254. The Morgan fingerprint density at radius 2 is 1.20 bits per heavy atom. The molecule has 28 N–H and O–H groups in total. The molecule has 0 unspecified atom stereocenters. The molecule has 1 aromatic heterocycles. The van der Waals surface area contributed by atoms with Gasteiger partial charge in [0.1, 0.15) is 84.4 Å². The van der Waals surface area contributed by atoms with E-state index in [0.29, 0.717) is 38.7 Å². The number of hydrogen-bond donors (Lipinski definition) is 22. The molecule has 13 atom stereocenters. The predicted octanol–water partition coefficient (Wildman–Crippen LogP) is -6.52. The number of thioether (sulfide) groups is 1. The normalized spacial score (nSPS) is 19.8. The van der Waals surface area contributed by atoms with Crippen molar-refractivity contribution in [3.63, 3.8) is 0 Å². The van der Waals surface area contributed by atoms with Gasteiger partial charge in [0.2, 0.25) is 106 Å². The van der Waals surface area contributed by atoms with Gasteiger partial charge < -0.3 is 124 Å². The molecular formula is C79H107N21O20S. The summed E-state index contributed by atoms with van der Waals surface area (Å²) in [5.74, 6) is -18.4. The Bertz CT molecular complexity index is 4610. The highest BCUT2D eigenvalue weighted by Gasteiger charge is 2.42. The predicted molar refractivity (Wildman–Crippen MR) is 439 cm³/mol. The molecular weight excluding hydrogens is 1600 g/mol. The third kappa shape index (κ3) is 30.2. The molecule has 121 heavy (non-hydrogen) atoms. The Hall–Kier alpha value is -12.8. The highest BCUT2D eigenvalue weighted by atomic mass is 32.2. The van der Waals surface area contributed by atoms with Gasteiger partial charge in [-0.05, 0) is 117 Å². The lowest BCUT2D eigenvalue weighted by molar-refractivity contribution is -0.138. The van der Waals surface area contributed by atoms with E-state index >= 15 is 28.8 Å². The van der Waals surface area contributed by atoms with Gasteiger partial charge in [-0.15, -0.1) is 0 Å². The van der Waals surface area contributed by atoms with E-state index in [2.05, 4.69) is 79.4 Å². The third-order valence-corrected chi connectivity index (χ3v) is 20.9. The van der Waals surface area contributed by atoms with E-state index in [0.717, 1.165) is 31.0 Å². The maximum absolute atomic E-state index is 15.8. The number of nitrogens with two attached hydrogens (primary N) is 6. The SMILES string of the molecule is CC(=O)N[C@H]1CCSC[C@@H](C(=O)N[C@@H](Cc2ccc(OCCN)cc2)C(=O)N[C@@H](Cc2ccc3ccccc3c2)C(=O)N[C@@](C)(CCCCN)C(=O)N[C@@H](CNC(=O)[C@@H]2CCC(=O)N2)C(=O)N[C@@H](CC(N)=O)C(=O)NCC(N)=O)NC(=O)[C@H](CCC(N)=O)NC(=O)[C@H](Cc2c[nH]c3ccccc23)NC(=O)[C@H]([C@@H](C)O)NC(=O)[C@H](CCC(N)=O)NC1=O. The number of aromatic amines is 1. The molecule has 0 saturated carbocycles. The van der Waals surface area contributed by atoms with Gasteiger partial charge in [-0.1, -0.05) is 72.8 Å². The summed E-state index contributed by atoms with van der Waals surface area (Å²) in [6, 6.07) is 6.86. The minimum atomic E-state index is -2.12. The van der Waals surface area contributed by atoms with Gasteiger partial charge in [-0.25, -0.2) is 0 Å². The fourth-order valence-electron chi connectivity index (χ4n) is 13.2. The highest BCUT2D eigenvalue weighted by Crippen LogP contribution is 2.24. The zero-order chi connectivity index (χ0) is 88.6. The van der Waals surface area contributed by atoms with E-state index in [1.54, 1.807) is 91.1 Å². The molecule has 18 amide bonds. The average Bonchev–Trinajstić information content (AvgIpc) is 1.68. The number of carbonyl (C=O) groups excluding carboxylic acids is 18. The van der Waals surface area contributed by atoms with E-state index in [1.807, 2.05) is 6.07 Å². The Morgan fingerprint density at radius 1 is 0.587 bits per heavy atom. The maximum atomic E-state index is 15.8. The lowest BCUT2D eigenvalue weighted by atomic mass is 9.91. The number of para-hydroxylation sites is 1. The van der Waals surface area contributed by atoms with Crippen molar-refractivity contribution in [3.8, 4) is 5.75 Å². The zero-order valence-electron chi connectivity index (χ0n) is 67.1. The number of ether oxygens (including phenoxy) is 1. The number of fused-ring (bicyclic) bond motifs is 2. The van der Waals surface area contributed by atoms with Gasteiger partial charge in [0.15, 0.2) is 0 Å². The smallest absolute Gasteiger partial charge is 0.246 e. The molecule has 0 bridgehead atoms. The summed E-state index contributed by atoms with van der Waals surface area (Å²) in [5.41, 5.74) is 33.2. The molecule has 41 nitrogen and oxygen atoms in total. The number of aliphatic hydroxyl groups excluding tert-OH is 1. The summed E-state index contributed by atoms with van der Waals surface area (Å²) in [6.07, 6.45) is -4.36. The number of H-pyrrole nitrogens is 1. The summed E-state index contributed by atoms with van der Waals surface area (Å²) in [7, 11) is 0. The van der Waals surface area contributed by atoms with Crippen LogP contribution in [0.25, 0.3) is 21.7 Å². The topological polar surface area (TPSA) is 677 Å². The van der Waals surface area contributed by atoms with Crippen LogP contribution in [-0.4, -0.2) is 239 Å². The molecule has 5 aromatic rings. The first-order chi connectivity index (χ1) is 57.5. The average molecular weight is 1700 g/mol. The highest BCUT2D eigenvalue weighted by molar-refractivity contribution is 7.99. The second-order valence-electron chi connectivity index (χ2n) is 29.6. The van der Waals surface area contributed by atoms with Gasteiger partial charge in [0, 0.05) is 81.4 Å². The largest absolute Gasteiger partial charge is 0.492 e. The molecule has 2 aliphatic heterocycles. The molecule has 42 heteroatoms. The van der Waals surface area contributed by atoms with Crippen LogP contribution in [0.5, 0.6) is 5.75 Å². The number of rotatable bonds is 39. The second kappa shape index (κ2) is 46.5. The van der Waals surface area contributed by atoms with Crippen molar-refractivity contribution in [2.75, 3.05) is 44.3 Å². The number of amides is 18. The molecule has 0 aliphatic carbocycles. The van der Waals surface area contributed by atoms with Crippen molar-refractivity contribution in [1.29, 1.82) is 0 Å². The molecule has 4 aromatic carbocycles. The van der Waals surface area contributed by atoms with Crippen molar-refractivity contribution in [2.24, 2.45) is 34.4 Å². The van der Waals surface area contributed by atoms with Crippen LogP contribution in [-0.2, 0) is 106 Å². The first-order valence-electron chi connectivity index (χ1n) is 39.2. The van der Waals surface area contributed by atoms with Crippen LogP contribution in [0.15, 0.2) is 97.2 Å². The molecule has 2 saturated heterocycles. The van der Waals surface area contributed by atoms with Crippen LogP contribution >= 0.6 is 11.8 Å². The molecule has 3 heterocycles. The minimum absolute atomic E-state index is 0.0161. The monoisotopic (exact) mass is 1700 g/mol. The van der Waals surface area contributed by atoms with Crippen molar-refractivity contribution in [1.82, 2.24) is 79.4 Å². The first kappa shape index (κ1) is 95.3. The van der Waals surface area contributed by atoms with Crippen LogP contribution in [0.3, 0.4) is 0 Å². The number of aromatic nitrogens is 1. The first-order valence-corrected chi connectivity index (χ1v) is 40.4. The fourth-order valence-corrected chi connectivity index (χ4v) is 14.3. The number of unbranched alkanes of at least 4 members (excludes halogenated alkanes) is 1. The Kier molecular flexibility index (Phi) is 36.6. The Labute approximate surface area is 699 Å². The fraction of sp³-hybridized carbons (Fsp3) is 0.468. The minimum Gasteiger partial charge on any atom is -0.492 e. The van der Waals surface area contributed by atoms with E-state index in [9.17, 15) is 62.6 Å². The number of hydrogen-bond acceptors (Lipinski definition) is 23. The van der Waals surface area contributed by atoms with Crippen molar-refractivity contribution in [3.05, 3.63) is 114 Å². The molecule has 654 valence electrons. The standard InChI is InChI=1S/C79H107N21O20S/c1-41(101)66-77(118)96-57(35-47-37-86-50-13-7-6-12-49(47)50)73(114)92-52(20-23-61(82)103)69(110)97-60(40-121-31-26-54(89-42(2)102)70(111)91-53(71(112)99-66)21-24-62(83)104)75(116)93-55(33-43-15-18-48(19-16-43)120-30-29-81)72(113)94-56(34-44-14-17-45-10-4-5-11-46(45)32-44)76(117)100-79(3,27-8-9-28-80)78(119)98-59(38-87-67(108)51-22-25-65(107)90-51)74(115)95-58(36-63(84)105)68(109)88-39-64(85)106/h4-7,10-19,32,37,41,51-60,66,86,101H,8-9,20-31,33-36,38-40,80-81H2,1-3H3,(H2,82,103)(H2,83,104)(H2,84,105)(H2,85,106)(H,87,108)(H,88,109)(H,89,102)(H,90,107)(H,91,111)(H,92,114)(H,93,116)(H,94,113)(H,95,115)(H,96,118)(H,97,110)(H,98,119)(H,99,112)(H,100,117)/t41-,51+,52+,53+,54+,55+,56+,57+,58+,59+,60+,66+,79+/m1/s1. The van der Waals surface area contributed by atoms with E-state index in [-0.39, 0.29) is 76.8 Å². The van der Waals surface area contributed by atoms with E-state index < -0.39 is 242 Å². The van der Waals surface area contributed by atoms with Gasteiger partial charge in [0.25, 0.3) is 0 Å². The number of nitrogens with one attached hydrogen (secondary N) is 15. The maximum Gasteiger partial charge on any atom is 0.246 e. The lowest BCUT2D eigenvalue weighted by Crippen LogP contribution is -2.65. The molecule has 0 spiro atoms. The van der Waals surface area contributed by atoms with Crippen LogP contribution < -0.4 is 114 Å². The zero-order valence-corrected chi connectivity index (χ0v) is 67.9. The third-order valence-electron chi connectivity index (χ3n) is 19.8. The number of benzene rings is 4. The van der Waals surface area contributed by atoms with Crippen molar-refractivity contribution >= 4 is 140 Å². The van der Waals surface area contributed by atoms with E-state index in [4.69, 9.17) is 39.1 Å². The van der Waals surface area contributed by atoms with Gasteiger partial charge in [-0.2, -0.15) is 11.8 Å². The van der Waals surface area contributed by atoms with Crippen LogP contribution in [0.2, 0.25) is 0 Å². The summed E-state index contributed by atoms with van der Waals surface area (Å²) in [5, 5.41) is 48.6. The van der Waals surface area contributed by atoms with Gasteiger partial charge in [-0.3, -0.25) is 86.3 Å². The van der Waals surface area contributed by atoms with Gasteiger partial charge >= 0.3 is 0 Å². The summed E-state index contributed by atoms with van der Waals surface area (Å²) < 4.78 is 5.73. The van der Waals surface area contributed by atoms with Crippen molar-refractivity contribution in [2.45, 2.75) is 189 Å². The number of primary amides is 4. The van der Waals surface area contributed by atoms with Crippen LogP contribution in [0, 0.1) is 0 Å². The van der Waals surface area contributed by atoms with E-state index in [1.165, 1.54) is 6.92 Å².